The number of primary amides is 1. The minimum Gasteiger partial charge on any atom is -0.480 e. The van der Waals surface area contributed by atoms with Crippen molar-refractivity contribution in [3.05, 3.63) is 0 Å². The molecule has 3 amide bonds. The van der Waals surface area contributed by atoms with Crippen molar-refractivity contribution in [2.45, 2.75) is 45.7 Å². The van der Waals surface area contributed by atoms with Crippen molar-refractivity contribution in [1.82, 2.24) is 9.80 Å². The highest BCUT2D eigenvalue weighted by atomic mass is 16.4. The average molecular weight is 285 g/mol. The van der Waals surface area contributed by atoms with Gasteiger partial charge in [-0.15, -0.1) is 0 Å². The molecule has 7 nitrogen and oxygen atoms in total. The van der Waals surface area contributed by atoms with Crippen molar-refractivity contribution in [3.63, 3.8) is 0 Å². The van der Waals surface area contributed by atoms with Crippen LogP contribution in [-0.2, 0) is 9.59 Å². The number of piperidine rings is 1. The van der Waals surface area contributed by atoms with E-state index in [9.17, 15) is 14.4 Å². The topological polar surface area (TPSA) is 104 Å². The predicted molar refractivity (Wildman–Crippen MR) is 73.0 cm³/mol. The number of carboxylic acid groups (broad SMARTS) is 1. The van der Waals surface area contributed by atoms with E-state index in [1.54, 1.807) is 18.7 Å². The van der Waals surface area contributed by atoms with Crippen molar-refractivity contribution >= 4 is 17.9 Å². The molecule has 0 saturated carbocycles. The zero-order valence-electron chi connectivity index (χ0n) is 12.2. The quantitative estimate of drug-likeness (QED) is 0.784. The summed E-state index contributed by atoms with van der Waals surface area (Å²) in [5.41, 5.74) is 5.31. The molecule has 0 aromatic heterocycles. The molecule has 0 aliphatic carbocycles. The molecule has 0 bridgehead atoms. The lowest BCUT2D eigenvalue weighted by atomic mass is 9.93. The average Bonchev–Trinajstić information content (AvgIpc) is 2.34. The number of likely N-dealkylation sites (tertiary alicyclic amines) is 1. The molecule has 1 aliphatic rings. The highest BCUT2D eigenvalue weighted by Crippen LogP contribution is 2.23. The number of hydrogen-bond acceptors (Lipinski definition) is 3. The molecule has 0 aromatic rings. The van der Waals surface area contributed by atoms with Crippen molar-refractivity contribution in [2.75, 3.05) is 13.1 Å². The Bertz CT molecular complexity index is 397. The summed E-state index contributed by atoms with van der Waals surface area (Å²) in [7, 11) is 0. The SMILES string of the molecule is CC(C)N(CC(=O)O)C(=O)N1CC(C(N)=O)CCC1C. The Labute approximate surface area is 118 Å². The van der Waals surface area contributed by atoms with Gasteiger partial charge in [0.15, 0.2) is 0 Å². The third-order valence-corrected chi connectivity index (χ3v) is 3.70. The first-order chi connectivity index (χ1) is 9.23. The summed E-state index contributed by atoms with van der Waals surface area (Å²) in [4.78, 5) is 37.5. The molecule has 20 heavy (non-hydrogen) atoms. The Hall–Kier alpha value is -1.79. The minimum atomic E-state index is -1.05. The molecule has 0 spiro atoms. The Morgan fingerprint density at radius 2 is 1.95 bits per heavy atom. The van der Waals surface area contributed by atoms with Gasteiger partial charge in [0.2, 0.25) is 5.91 Å². The molecular weight excluding hydrogens is 262 g/mol. The molecule has 2 unspecified atom stereocenters. The number of carbonyl (C=O) groups excluding carboxylic acids is 2. The molecule has 0 radical (unpaired) electrons. The van der Waals surface area contributed by atoms with Crippen LogP contribution in [0.15, 0.2) is 0 Å². The first-order valence-corrected chi connectivity index (χ1v) is 6.82. The molecule has 1 rings (SSSR count). The summed E-state index contributed by atoms with van der Waals surface area (Å²) >= 11 is 0. The van der Waals surface area contributed by atoms with Gasteiger partial charge in [0.05, 0.1) is 5.92 Å². The smallest absolute Gasteiger partial charge is 0.323 e. The second-order valence-electron chi connectivity index (χ2n) is 5.58. The van der Waals surface area contributed by atoms with Crippen LogP contribution in [0.1, 0.15) is 33.6 Å². The highest BCUT2D eigenvalue weighted by molar-refractivity contribution is 5.82. The normalized spacial score (nSPS) is 22.7. The second kappa shape index (κ2) is 6.58. The van der Waals surface area contributed by atoms with E-state index in [1.165, 1.54) is 4.90 Å². The number of urea groups is 1. The molecule has 0 aromatic carbocycles. The number of carboxylic acids is 1. The standard InChI is InChI=1S/C13H23N3O4/c1-8(2)15(7-11(17)18)13(20)16-6-10(12(14)19)5-4-9(16)3/h8-10H,4-7H2,1-3H3,(H2,14,19)(H,17,18). The first-order valence-electron chi connectivity index (χ1n) is 6.82. The Kier molecular flexibility index (Phi) is 5.35. The largest absolute Gasteiger partial charge is 0.480 e. The zero-order valence-corrected chi connectivity index (χ0v) is 12.2. The van der Waals surface area contributed by atoms with Crippen LogP contribution >= 0.6 is 0 Å². The number of nitrogens with zero attached hydrogens (tertiary/aromatic N) is 2. The van der Waals surface area contributed by atoms with Gasteiger partial charge in [-0.3, -0.25) is 9.59 Å². The lowest BCUT2D eigenvalue weighted by Gasteiger charge is -2.40. The summed E-state index contributed by atoms with van der Waals surface area (Å²) in [5, 5.41) is 8.90. The van der Waals surface area contributed by atoms with Gasteiger partial charge in [-0.1, -0.05) is 0 Å². The first kappa shape index (κ1) is 16.3. The molecule has 1 heterocycles. The third kappa shape index (κ3) is 3.85. The maximum atomic E-state index is 12.5. The minimum absolute atomic E-state index is 0.0202. The van der Waals surface area contributed by atoms with E-state index in [-0.39, 0.29) is 37.1 Å². The Balaban J connectivity index is 2.85. The number of carbonyl (C=O) groups is 3. The van der Waals surface area contributed by atoms with Gasteiger partial charge in [-0.25, -0.2) is 4.79 Å². The van der Waals surface area contributed by atoms with Crippen molar-refractivity contribution in [3.8, 4) is 0 Å². The molecular formula is C13H23N3O4. The molecule has 3 N–H and O–H groups in total. The lowest BCUT2D eigenvalue weighted by Crippen LogP contribution is -2.55. The molecule has 7 heteroatoms. The molecule has 1 fully saturated rings. The fraction of sp³-hybridized carbons (Fsp3) is 0.769. The van der Waals surface area contributed by atoms with Gasteiger partial charge >= 0.3 is 12.0 Å². The van der Waals surface area contributed by atoms with Crippen LogP contribution in [0.2, 0.25) is 0 Å². The Morgan fingerprint density at radius 3 is 2.40 bits per heavy atom. The Morgan fingerprint density at radius 1 is 1.35 bits per heavy atom. The van der Waals surface area contributed by atoms with Crippen LogP contribution < -0.4 is 5.73 Å². The van der Waals surface area contributed by atoms with E-state index in [1.807, 2.05) is 6.92 Å². The van der Waals surface area contributed by atoms with Crippen LogP contribution in [0, 0.1) is 5.92 Å². The van der Waals surface area contributed by atoms with Crippen LogP contribution in [0.3, 0.4) is 0 Å². The van der Waals surface area contributed by atoms with Gasteiger partial charge < -0.3 is 20.6 Å². The van der Waals surface area contributed by atoms with E-state index in [0.29, 0.717) is 12.8 Å². The van der Waals surface area contributed by atoms with E-state index in [4.69, 9.17) is 10.8 Å². The van der Waals surface area contributed by atoms with Crippen molar-refractivity contribution in [2.24, 2.45) is 11.7 Å². The van der Waals surface area contributed by atoms with Gasteiger partial charge in [0, 0.05) is 18.6 Å². The predicted octanol–water partition coefficient (Wildman–Crippen LogP) is 0.487. The lowest BCUT2D eigenvalue weighted by molar-refractivity contribution is -0.138. The van der Waals surface area contributed by atoms with Crippen molar-refractivity contribution < 1.29 is 19.5 Å². The van der Waals surface area contributed by atoms with E-state index in [2.05, 4.69) is 0 Å². The summed E-state index contributed by atoms with van der Waals surface area (Å²) < 4.78 is 0. The summed E-state index contributed by atoms with van der Waals surface area (Å²) in [6, 6.07) is -0.589. The van der Waals surface area contributed by atoms with Gasteiger partial charge in [0.1, 0.15) is 6.54 Å². The fourth-order valence-corrected chi connectivity index (χ4v) is 2.39. The van der Waals surface area contributed by atoms with Gasteiger partial charge in [0.25, 0.3) is 0 Å². The maximum absolute atomic E-state index is 12.5. The number of amides is 3. The number of nitrogens with two attached hydrogens (primary N) is 1. The van der Waals surface area contributed by atoms with Crippen molar-refractivity contribution in [1.29, 1.82) is 0 Å². The van der Waals surface area contributed by atoms with Crippen LogP contribution in [0.25, 0.3) is 0 Å². The fourth-order valence-electron chi connectivity index (χ4n) is 2.39. The van der Waals surface area contributed by atoms with Crippen LogP contribution in [0.4, 0.5) is 4.79 Å². The molecule has 1 saturated heterocycles. The van der Waals surface area contributed by atoms with Gasteiger partial charge in [-0.05, 0) is 33.6 Å². The molecule has 1 aliphatic heterocycles. The molecule has 2 atom stereocenters. The number of hydrogen-bond donors (Lipinski definition) is 2. The van der Waals surface area contributed by atoms with E-state index in [0.717, 1.165) is 0 Å². The summed E-state index contributed by atoms with van der Waals surface area (Å²) in [6.07, 6.45) is 1.36. The third-order valence-electron chi connectivity index (χ3n) is 3.70. The summed E-state index contributed by atoms with van der Waals surface area (Å²) in [6.45, 7) is 5.34. The van der Waals surface area contributed by atoms with E-state index < -0.39 is 11.9 Å². The maximum Gasteiger partial charge on any atom is 0.323 e. The summed E-state index contributed by atoms with van der Waals surface area (Å²) in [5.74, 6) is -1.82. The van der Waals surface area contributed by atoms with Gasteiger partial charge in [-0.2, -0.15) is 0 Å². The second-order valence-corrected chi connectivity index (χ2v) is 5.58. The number of rotatable bonds is 4. The van der Waals surface area contributed by atoms with Crippen LogP contribution in [0.5, 0.6) is 0 Å². The van der Waals surface area contributed by atoms with E-state index >= 15 is 0 Å². The molecule has 114 valence electrons. The number of aliphatic carboxylic acids is 1. The highest BCUT2D eigenvalue weighted by Gasteiger charge is 2.35. The monoisotopic (exact) mass is 285 g/mol. The zero-order chi connectivity index (χ0) is 15.4. The van der Waals surface area contributed by atoms with Crippen LogP contribution in [-0.4, -0.2) is 58.0 Å².